The van der Waals surface area contributed by atoms with Crippen molar-refractivity contribution in [3.05, 3.63) is 11.6 Å². The van der Waals surface area contributed by atoms with Gasteiger partial charge in [0.25, 0.3) is 0 Å². The van der Waals surface area contributed by atoms with Crippen LogP contribution in [-0.2, 0) is 4.79 Å². The van der Waals surface area contributed by atoms with Crippen LogP contribution in [0, 0.1) is 34.5 Å². The molecule has 4 aliphatic carbocycles. The lowest BCUT2D eigenvalue weighted by Crippen LogP contribution is -2.52. The smallest absolute Gasteiger partial charge is 0.392 e. The summed E-state index contributed by atoms with van der Waals surface area (Å²) in [6, 6.07) is 0. The Morgan fingerprint density at radius 3 is 2.52 bits per heavy atom. The number of ketones is 1. The predicted molar refractivity (Wildman–Crippen MR) is 87.6 cm³/mol. The highest BCUT2D eigenvalue weighted by atomic mass is 19.4. The van der Waals surface area contributed by atoms with E-state index in [1.165, 1.54) is 5.57 Å². The van der Waals surface area contributed by atoms with Gasteiger partial charge >= 0.3 is 6.18 Å². The van der Waals surface area contributed by atoms with Gasteiger partial charge in [-0.1, -0.05) is 19.4 Å². The molecular weight excluding hydrogens is 329 g/mol. The summed E-state index contributed by atoms with van der Waals surface area (Å²) in [4.78, 5) is 11.8. The lowest BCUT2D eigenvalue weighted by atomic mass is 9.47. The second-order valence-corrected chi connectivity index (χ2v) is 9.34. The molecule has 3 saturated carbocycles. The van der Waals surface area contributed by atoms with Crippen molar-refractivity contribution < 1.29 is 23.1 Å². The summed E-state index contributed by atoms with van der Waals surface area (Å²) in [6.45, 7) is 3.98. The van der Waals surface area contributed by atoms with Gasteiger partial charge in [-0.05, 0) is 73.2 Å². The van der Waals surface area contributed by atoms with Crippen LogP contribution in [0.25, 0.3) is 0 Å². The summed E-state index contributed by atoms with van der Waals surface area (Å²) in [6.07, 6.45) is 0.843. The highest BCUT2D eigenvalue weighted by Gasteiger charge is 2.67. The molecule has 5 heteroatoms. The quantitative estimate of drug-likeness (QED) is 0.685. The van der Waals surface area contributed by atoms with Gasteiger partial charge < -0.3 is 5.11 Å². The van der Waals surface area contributed by atoms with Gasteiger partial charge in [0.15, 0.2) is 5.78 Å². The molecule has 0 radical (unpaired) electrons. The summed E-state index contributed by atoms with van der Waals surface area (Å²) < 4.78 is 40.9. The van der Waals surface area contributed by atoms with Crippen molar-refractivity contribution in [3.8, 4) is 0 Å². The average Bonchev–Trinajstić information content (AvgIpc) is 2.78. The molecule has 1 N–H and O–H groups in total. The molecule has 0 amide bonds. The van der Waals surface area contributed by atoms with E-state index in [9.17, 15) is 23.1 Å². The van der Waals surface area contributed by atoms with Gasteiger partial charge in [-0.2, -0.15) is 13.2 Å². The number of fused-ring (bicyclic) bond motifs is 5. The number of allylic oxidation sites excluding steroid dienone is 1. The topological polar surface area (TPSA) is 37.3 Å². The fraction of sp³-hybridized carbons (Fsp3) is 0.850. The minimum absolute atomic E-state index is 0.0422. The lowest BCUT2D eigenvalue weighted by molar-refractivity contribution is -0.228. The third-order valence-corrected chi connectivity index (χ3v) is 8.34. The number of halogens is 3. The van der Waals surface area contributed by atoms with Crippen LogP contribution < -0.4 is 0 Å². The average molecular weight is 356 g/mol. The highest BCUT2D eigenvalue weighted by molar-refractivity contribution is 5.91. The van der Waals surface area contributed by atoms with E-state index in [-0.39, 0.29) is 29.5 Å². The molecule has 0 aromatic rings. The van der Waals surface area contributed by atoms with Crippen molar-refractivity contribution in [2.24, 2.45) is 34.5 Å². The molecule has 0 bridgehead atoms. The number of aliphatic hydroxyl groups excluding tert-OH is 1. The van der Waals surface area contributed by atoms with E-state index in [1.807, 2.05) is 6.08 Å². The Hall–Kier alpha value is -0.840. The van der Waals surface area contributed by atoms with Gasteiger partial charge in [0.05, 0.1) is 12.0 Å². The zero-order valence-electron chi connectivity index (χ0n) is 14.9. The minimum atomic E-state index is -4.34. The Morgan fingerprint density at radius 2 is 1.84 bits per heavy atom. The van der Waals surface area contributed by atoms with E-state index in [4.69, 9.17) is 0 Å². The first kappa shape index (κ1) is 17.6. The molecule has 4 aliphatic rings. The number of hydrogen-bond acceptors (Lipinski definition) is 2. The molecule has 25 heavy (non-hydrogen) atoms. The van der Waals surface area contributed by atoms with E-state index < -0.39 is 23.6 Å². The Labute approximate surface area is 146 Å². The molecule has 140 valence electrons. The number of rotatable bonds is 0. The van der Waals surface area contributed by atoms with Gasteiger partial charge in [-0.25, -0.2) is 0 Å². The maximum absolute atomic E-state index is 13.6. The largest absolute Gasteiger partial charge is 0.394 e. The maximum Gasteiger partial charge on any atom is 0.394 e. The molecule has 0 saturated heterocycles. The van der Waals surface area contributed by atoms with Crippen molar-refractivity contribution in [1.29, 1.82) is 0 Å². The van der Waals surface area contributed by atoms with Crippen LogP contribution in [0.1, 0.15) is 58.8 Å². The first-order valence-electron chi connectivity index (χ1n) is 9.56. The molecule has 2 nitrogen and oxygen atoms in total. The normalized spacial score (nSPS) is 49.9. The second kappa shape index (κ2) is 5.34. The molecule has 0 heterocycles. The first-order valence-corrected chi connectivity index (χ1v) is 9.56. The third-order valence-electron chi connectivity index (χ3n) is 8.34. The van der Waals surface area contributed by atoms with Gasteiger partial charge in [0.2, 0.25) is 0 Å². The van der Waals surface area contributed by atoms with Crippen molar-refractivity contribution in [1.82, 2.24) is 0 Å². The summed E-state index contributed by atoms with van der Waals surface area (Å²) in [5.41, 5.74) is 0.333. The van der Waals surface area contributed by atoms with E-state index in [0.29, 0.717) is 18.8 Å². The number of hydrogen-bond donors (Lipinski definition) is 1. The molecule has 3 fully saturated rings. The Bertz CT molecular complexity index is 625. The molecule has 0 aliphatic heterocycles. The van der Waals surface area contributed by atoms with Gasteiger partial charge in [0, 0.05) is 6.42 Å². The van der Waals surface area contributed by atoms with Crippen molar-refractivity contribution in [2.75, 3.05) is 0 Å². The molecule has 4 rings (SSSR count). The SMILES string of the molecule is C[C@]12CCC3C(CCC4=CC(=O)CC[C@@]43C)C1C[C@@H](O)C2C(F)(F)F. The van der Waals surface area contributed by atoms with Gasteiger partial charge in [0.1, 0.15) is 0 Å². The molecular formula is C20H27F3O2. The van der Waals surface area contributed by atoms with Crippen LogP contribution >= 0.6 is 0 Å². The summed E-state index contributed by atoms with van der Waals surface area (Å²) in [5, 5.41) is 10.3. The zero-order valence-corrected chi connectivity index (χ0v) is 14.9. The Balaban J connectivity index is 1.69. The van der Waals surface area contributed by atoms with Gasteiger partial charge in [-0.15, -0.1) is 0 Å². The first-order chi connectivity index (χ1) is 11.6. The van der Waals surface area contributed by atoms with Crippen molar-refractivity contribution >= 4 is 5.78 Å². The van der Waals surface area contributed by atoms with Crippen LogP contribution in [-0.4, -0.2) is 23.2 Å². The van der Waals surface area contributed by atoms with Crippen molar-refractivity contribution in [2.45, 2.75) is 71.1 Å². The third kappa shape index (κ3) is 2.37. The molecule has 4 unspecified atom stereocenters. The highest BCUT2D eigenvalue weighted by Crippen LogP contribution is 2.68. The Morgan fingerprint density at radius 1 is 1.12 bits per heavy atom. The van der Waals surface area contributed by atoms with Crippen LogP contribution in [0.3, 0.4) is 0 Å². The maximum atomic E-state index is 13.6. The van der Waals surface area contributed by atoms with Crippen LogP contribution in [0.5, 0.6) is 0 Å². The van der Waals surface area contributed by atoms with Crippen LogP contribution in [0.4, 0.5) is 13.2 Å². The molecule has 0 aromatic carbocycles. The number of carbonyl (C=O) groups excluding carboxylic acids is 1. The molecule has 7 atom stereocenters. The van der Waals surface area contributed by atoms with Gasteiger partial charge in [-0.3, -0.25) is 4.79 Å². The predicted octanol–water partition coefficient (Wildman–Crippen LogP) is 4.67. The van der Waals surface area contributed by atoms with E-state index in [2.05, 4.69) is 6.92 Å². The molecule has 0 aromatic heterocycles. The van der Waals surface area contributed by atoms with E-state index in [0.717, 1.165) is 25.7 Å². The minimum Gasteiger partial charge on any atom is -0.392 e. The molecule has 0 spiro atoms. The summed E-state index contributed by atoms with van der Waals surface area (Å²) in [5.74, 6) is -0.888. The van der Waals surface area contributed by atoms with Crippen LogP contribution in [0.15, 0.2) is 11.6 Å². The standard InChI is InChI=1S/C20H27F3O2/c1-18-7-5-12(24)9-11(18)3-4-13-14(18)6-8-19(2)15(13)10-16(25)17(19)20(21,22)23/h9,13-17,25H,3-8,10H2,1-2H3/t13?,14?,15?,16-,17?,18+,19+/m1/s1. The number of alkyl halides is 3. The zero-order chi connectivity index (χ0) is 18.2. The monoisotopic (exact) mass is 356 g/mol. The number of carbonyl (C=O) groups is 1. The van der Waals surface area contributed by atoms with E-state index >= 15 is 0 Å². The van der Waals surface area contributed by atoms with Crippen LogP contribution in [0.2, 0.25) is 0 Å². The second-order valence-electron chi connectivity index (χ2n) is 9.34. The Kier molecular flexibility index (Phi) is 3.75. The number of aliphatic hydroxyl groups is 1. The van der Waals surface area contributed by atoms with E-state index in [1.54, 1.807) is 6.92 Å². The summed E-state index contributed by atoms with van der Waals surface area (Å²) >= 11 is 0. The van der Waals surface area contributed by atoms with Crippen molar-refractivity contribution in [3.63, 3.8) is 0 Å². The fourth-order valence-electron chi connectivity index (χ4n) is 7.17. The summed E-state index contributed by atoms with van der Waals surface area (Å²) in [7, 11) is 0. The lowest BCUT2D eigenvalue weighted by Gasteiger charge is -2.58. The fourth-order valence-corrected chi connectivity index (χ4v) is 7.17.